The second-order valence-electron chi connectivity index (χ2n) is 5.70. The number of rotatable bonds is 3. The van der Waals surface area contributed by atoms with Crippen molar-refractivity contribution in [2.24, 2.45) is 17.3 Å². The summed E-state index contributed by atoms with van der Waals surface area (Å²) in [6, 6.07) is 8.43. The smallest absolute Gasteiger partial charge is 0.213 e. The lowest BCUT2D eigenvalue weighted by atomic mass is 9.71. The van der Waals surface area contributed by atoms with Crippen molar-refractivity contribution in [3.8, 4) is 11.9 Å². The zero-order chi connectivity index (χ0) is 12.6. The third-order valence-electron chi connectivity index (χ3n) is 4.69. The number of ether oxygens (including phenoxy) is 1. The molecule has 2 aliphatic carbocycles. The summed E-state index contributed by atoms with van der Waals surface area (Å²) in [4.78, 5) is 4.46. The van der Waals surface area contributed by atoms with E-state index < -0.39 is 0 Å². The Morgan fingerprint density at radius 1 is 1.50 bits per heavy atom. The Morgan fingerprint density at radius 2 is 2.39 bits per heavy atom. The lowest BCUT2D eigenvalue weighted by molar-refractivity contribution is 0.236. The minimum atomic E-state index is -0.164. The largest absolute Gasteiger partial charge is 0.481 e. The highest BCUT2D eigenvalue weighted by Crippen LogP contribution is 2.56. The van der Waals surface area contributed by atoms with Gasteiger partial charge in [-0.05, 0) is 37.2 Å². The van der Waals surface area contributed by atoms with Crippen molar-refractivity contribution < 1.29 is 4.74 Å². The SMILES string of the molecule is COc1cccc(CC2(C#N)CC3CCC2C3)n1. The van der Waals surface area contributed by atoms with Gasteiger partial charge in [-0.3, -0.25) is 0 Å². The fourth-order valence-electron chi connectivity index (χ4n) is 3.83. The van der Waals surface area contributed by atoms with Crippen molar-refractivity contribution in [1.82, 2.24) is 4.98 Å². The highest BCUT2D eigenvalue weighted by Gasteiger charge is 2.51. The lowest BCUT2D eigenvalue weighted by Gasteiger charge is -2.30. The van der Waals surface area contributed by atoms with Gasteiger partial charge in [-0.25, -0.2) is 4.98 Å². The molecule has 3 atom stereocenters. The maximum atomic E-state index is 9.62. The van der Waals surface area contributed by atoms with Gasteiger partial charge in [0.15, 0.2) is 0 Å². The molecule has 0 spiro atoms. The van der Waals surface area contributed by atoms with Gasteiger partial charge in [0.05, 0.1) is 18.6 Å². The summed E-state index contributed by atoms with van der Waals surface area (Å²) >= 11 is 0. The molecule has 1 heterocycles. The molecule has 2 aliphatic rings. The molecule has 18 heavy (non-hydrogen) atoms. The van der Waals surface area contributed by atoms with Gasteiger partial charge in [-0.2, -0.15) is 5.26 Å². The van der Waals surface area contributed by atoms with Crippen molar-refractivity contribution in [2.75, 3.05) is 7.11 Å². The molecule has 0 radical (unpaired) electrons. The van der Waals surface area contributed by atoms with Gasteiger partial charge in [0.1, 0.15) is 0 Å². The number of pyridine rings is 1. The highest BCUT2D eigenvalue weighted by atomic mass is 16.5. The zero-order valence-electron chi connectivity index (χ0n) is 10.7. The Morgan fingerprint density at radius 3 is 3.00 bits per heavy atom. The first-order valence-electron chi connectivity index (χ1n) is 6.67. The third kappa shape index (κ3) is 1.77. The van der Waals surface area contributed by atoms with Crippen LogP contribution in [0, 0.1) is 28.6 Å². The van der Waals surface area contributed by atoms with Crippen LogP contribution in [0.2, 0.25) is 0 Å². The molecule has 94 valence electrons. The van der Waals surface area contributed by atoms with Gasteiger partial charge in [0.25, 0.3) is 0 Å². The molecule has 2 bridgehead atoms. The fourth-order valence-corrected chi connectivity index (χ4v) is 3.83. The van der Waals surface area contributed by atoms with Gasteiger partial charge in [0, 0.05) is 18.2 Å². The monoisotopic (exact) mass is 242 g/mol. The minimum Gasteiger partial charge on any atom is -0.481 e. The quantitative estimate of drug-likeness (QED) is 0.818. The number of hydrogen-bond acceptors (Lipinski definition) is 3. The molecule has 3 nitrogen and oxygen atoms in total. The Labute approximate surface area is 108 Å². The van der Waals surface area contributed by atoms with Crippen molar-refractivity contribution in [3.63, 3.8) is 0 Å². The Bertz CT molecular complexity index is 494. The molecule has 1 aromatic rings. The summed E-state index contributed by atoms with van der Waals surface area (Å²) in [7, 11) is 1.63. The summed E-state index contributed by atoms with van der Waals surface area (Å²) in [6.07, 6.45) is 5.63. The van der Waals surface area contributed by atoms with Crippen molar-refractivity contribution in [2.45, 2.75) is 32.1 Å². The van der Waals surface area contributed by atoms with Crippen LogP contribution in [-0.2, 0) is 6.42 Å². The van der Waals surface area contributed by atoms with E-state index in [1.807, 2.05) is 18.2 Å². The van der Waals surface area contributed by atoms with Crippen LogP contribution in [0.1, 0.15) is 31.4 Å². The molecular weight excluding hydrogens is 224 g/mol. The topological polar surface area (TPSA) is 45.9 Å². The summed E-state index contributed by atoms with van der Waals surface area (Å²) < 4.78 is 5.15. The van der Waals surface area contributed by atoms with E-state index in [4.69, 9.17) is 4.74 Å². The van der Waals surface area contributed by atoms with Gasteiger partial charge < -0.3 is 4.74 Å². The molecule has 1 aromatic heterocycles. The average molecular weight is 242 g/mol. The molecule has 3 unspecified atom stereocenters. The van der Waals surface area contributed by atoms with Gasteiger partial charge in [-0.15, -0.1) is 0 Å². The van der Waals surface area contributed by atoms with E-state index in [0.29, 0.717) is 11.8 Å². The molecular formula is C15H18N2O. The van der Waals surface area contributed by atoms with Gasteiger partial charge in [0.2, 0.25) is 5.88 Å². The molecule has 0 saturated heterocycles. The van der Waals surface area contributed by atoms with Crippen LogP contribution in [0.15, 0.2) is 18.2 Å². The number of nitriles is 1. The predicted octanol–water partition coefficient (Wildman–Crippen LogP) is 2.96. The van der Waals surface area contributed by atoms with Crippen molar-refractivity contribution in [1.29, 1.82) is 5.26 Å². The molecule has 2 saturated carbocycles. The Kier molecular flexibility index (Phi) is 2.74. The number of aromatic nitrogens is 1. The van der Waals surface area contributed by atoms with E-state index in [-0.39, 0.29) is 5.41 Å². The Balaban J connectivity index is 1.84. The molecule has 0 aliphatic heterocycles. The van der Waals surface area contributed by atoms with Crippen LogP contribution in [0.5, 0.6) is 5.88 Å². The summed E-state index contributed by atoms with van der Waals surface area (Å²) in [5.74, 6) is 2.00. The van der Waals surface area contributed by atoms with Crippen molar-refractivity contribution in [3.05, 3.63) is 23.9 Å². The third-order valence-corrected chi connectivity index (χ3v) is 4.69. The van der Waals surface area contributed by atoms with Gasteiger partial charge >= 0.3 is 0 Å². The number of nitrogens with zero attached hydrogens (tertiary/aromatic N) is 2. The average Bonchev–Trinajstić information content (AvgIpc) is 3.00. The standard InChI is InChI=1S/C15H18N2O/c1-18-14-4-2-3-13(17-14)9-15(10-16)8-11-5-6-12(15)7-11/h2-4,11-12H,5-9H2,1H3. The number of methoxy groups -OCH3 is 1. The minimum absolute atomic E-state index is 0.164. The maximum Gasteiger partial charge on any atom is 0.213 e. The molecule has 2 fully saturated rings. The summed E-state index contributed by atoms with van der Waals surface area (Å²) in [5, 5.41) is 9.62. The van der Waals surface area contributed by atoms with Crippen LogP contribution in [0.4, 0.5) is 0 Å². The normalized spacial score (nSPS) is 33.3. The zero-order valence-corrected chi connectivity index (χ0v) is 10.7. The van der Waals surface area contributed by atoms with Crippen molar-refractivity contribution >= 4 is 0 Å². The van der Waals surface area contributed by atoms with E-state index in [2.05, 4.69) is 11.1 Å². The van der Waals surface area contributed by atoms with Crippen LogP contribution >= 0.6 is 0 Å². The molecule has 0 aromatic carbocycles. The number of hydrogen-bond donors (Lipinski definition) is 0. The second-order valence-corrected chi connectivity index (χ2v) is 5.70. The maximum absolute atomic E-state index is 9.62. The van der Waals surface area contributed by atoms with Crippen LogP contribution in [-0.4, -0.2) is 12.1 Å². The first kappa shape index (κ1) is 11.5. The van der Waals surface area contributed by atoms with E-state index >= 15 is 0 Å². The van der Waals surface area contributed by atoms with E-state index in [1.165, 1.54) is 19.3 Å². The highest BCUT2D eigenvalue weighted by molar-refractivity contribution is 5.21. The first-order chi connectivity index (χ1) is 8.75. The van der Waals surface area contributed by atoms with Crippen LogP contribution < -0.4 is 4.74 Å². The van der Waals surface area contributed by atoms with E-state index in [0.717, 1.165) is 24.5 Å². The van der Waals surface area contributed by atoms with E-state index in [1.54, 1.807) is 7.11 Å². The fraction of sp³-hybridized carbons (Fsp3) is 0.600. The second kappa shape index (κ2) is 4.28. The molecule has 3 heteroatoms. The van der Waals surface area contributed by atoms with Crippen LogP contribution in [0.25, 0.3) is 0 Å². The number of fused-ring (bicyclic) bond motifs is 2. The summed E-state index contributed by atoms with van der Waals surface area (Å²) in [6.45, 7) is 0. The first-order valence-corrected chi connectivity index (χ1v) is 6.67. The predicted molar refractivity (Wildman–Crippen MR) is 68.0 cm³/mol. The molecule has 0 amide bonds. The van der Waals surface area contributed by atoms with Gasteiger partial charge in [-0.1, -0.05) is 12.5 Å². The Hall–Kier alpha value is -1.56. The van der Waals surface area contributed by atoms with Crippen LogP contribution in [0.3, 0.4) is 0 Å². The van der Waals surface area contributed by atoms with E-state index in [9.17, 15) is 5.26 Å². The summed E-state index contributed by atoms with van der Waals surface area (Å²) in [5.41, 5.74) is 0.825. The molecule has 3 rings (SSSR count). The molecule has 0 N–H and O–H groups in total. The lowest BCUT2D eigenvalue weighted by Crippen LogP contribution is -2.28.